The van der Waals surface area contributed by atoms with Crippen LogP contribution in [-0.4, -0.2) is 23.2 Å². The fraction of sp³-hybridized carbons (Fsp3) is 0.889. The van der Waals surface area contributed by atoms with Crippen molar-refractivity contribution in [2.24, 2.45) is 5.92 Å². The number of hydrogen-bond donors (Lipinski definition) is 1. The molecule has 0 bridgehead atoms. The van der Waals surface area contributed by atoms with E-state index < -0.39 is 17.4 Å². The highest BCUT2D eigenvalue weighted by Gasteiger charge is 2.49. The Morgan fingerprint density at radius 2 is 2.07 bits per heavy atom. The molecule has 0 unspecified atom stereocenters. The van der Waals surface area contributed by atoms with Crippen LogP contribution < -0.4 is 5.32 Å². The van der Waals surface area contributed by atoms with Crippen molar-refractivity contribution in [3.8, 4) is 0 Å². The predicted molar refractivity (Wildman–Crippen MR) is 50.6 cm³/mol. The fourth-order valence-corrected chi connectivity index (χ4v) is 1.38. The third-order valence-electron chi connectivity index (χ3n) is 2.26. The molecule has 14 heavy (non-hydrogen) atoms. The van der Waals surface area contributed by atoms with Gasteiger partial charge < -0.3 is 5.32 Å². The molecule has 1 aliphatic rings. The van der Waals surface area contributed by atoms with Crippen molar-refractivity contribution in [3.63, 3.8) is 0 Å². The van der Waals surface area contributed by atoms with Gasteiger partial charge >= 0.3 is 0 Å². The van der Waals surface area contributed by atoms with Gasteiger partial charge in [-0.2, -0.15) is 0 Å². The van der Waals surface area contributed by atoms with Crippen LogP contribution in [0.5, 0.6) is 0 Å². The summed E-state index contributed by atoms with van der Waals surface area (Å²) in [5.41, 5.74) is -0.524. The Labute approximate surface area is 87.0 Å². The molecule has 1 amide bonds. The molecule has 0 aromatic heterocycles. The van der Waals surface area contributed by atoms with Crippen LogP contribution in [-0.2, 0) is 4.79 Å². The van der Waals surface area contributed by atoms with Crippen molar-refractivity contribution in [2.45, 2.75) is 38.2 Å². The van der Waals surface area contributed by atoms with Gasteiger partial charge in [0.2, 0.25) is 11.8 Å². The topological polar surface area (TPSA) is 29.1 Å². The average Bonchev–Trinajstić information content (AvgIpc) is 1.99. The molecule has 5 heteroatoms. The monoisotopic (exact) mass is 225 g/mol. The number of rotatable bonds is 3. The minimum absolute atomic E-state index is 0.266. The van der Waals surface area contributed by atoms with Gasteiger partial charge in [-0.15, -0.1) is 11.6 Å². The molecule has 0 aromatic carbocycles. The molecule has 1 saturated carbocycles. The Balaban J connectivity index is 2.38. The molecule has 0 aliphatic heterocycles. The lowest BCUT2D eigenvalue weighted by Crippen LogP contribution is -2.52. The largest absolute Gasteiger partial charge is 0.350 e. The summed E-state index contributed by atoms with van der Waals surface area (Å²) in [5.74, 6) is -3.25. The molecule has 2 nitrogen and oxygen atoms in total. The summed E-state index contributed by atoms with van der Waals surface area (Å²) in [5, 5.41) is 2.64. The Morgan fingerprint density at radius 3 is 2.43 bits per heavy atom. The second-order valence-corrected chi connectivity index (χ2v) is 4.74. The van der Waals surface area contributed by atoms with Gasteiger partial charge in [-0.25, -0.2) is 8.78 Å². The lowest BCUT2D eigenvalue weighted by Gasteiger charge is -2.36. The van der Waals surface area contributed by atoms with Crippen LogP contribution in [0, 0.1) is 5.92 Å². The third kappa shape index (κ3) is 2.80. The fourth-order valence-electron chi connectivity index (χ4n) is 1.32. The third-order valence-corrected chi connectivity index (χ3v) is 2.92. The van der Waals surface area contributed by atoms with Crippen LogP contribution in [0.2, 0.25) is 0 Å². The highest BCUT2D eigenvalue weighted by Crippen LogP contribution is 2.42. The first-order valence-electron chi connectivity index (χ1n) is 4.52. The van der Waals surface area contributed by atoms with Crippen molar-refractivity contribution in [1.29, 1.82) is 0 Å². The van der Waals surface area contributed by atoms with Crippen LogP contribution in [0.1, 0.15) is 26.7 Å². The van der Waals surface area contributed by atoms with E-state index in [0.29, 0.717) is 0 Å². The van der Waals surface area contributed by atoms with Crippen LogP contribution in [0.15, 0.2) is 0 Å². The zero-order chi connectivity index (χ0) is 11.0. The standard InChI is InChI=1S/C9H14ClF2NO/c1-8(2,5-10)13-7(14)6-3-9(11,12)4-6/h6H,3-5H2,1-2H3,(H,13,14). The maximum atomic E-state index is 12.5. The molecule has 0 spiro atoms. The van der Waals surface area contributed by atoms with Gasteiger partial charge in [0.25, 0.3) is 0 Å². The normalized spacial score (nSPS) is 21.5. The molecular formula is C9H14ClF2NO. The molecule has 0 atom stereocenters. The average molecular weight is 226 g/mol. The second-order valence-electron chi connectivity index (χ2n) is 4.47. The number of carbonyl (C=O) groups is 1. The molecular weight excluding hydrogens is 212 g/mol. The van der Waals surface area contributed by atoms with Crippen LogP contribution in [0.3, 0.4) is 0 Å². The molecule has 1 fully saturated rings. The second kappa shape index (κ2) is 3.65. The van der Waals surface area contributed by atoms with E-state index in [0.717, 1.165) is 0 Å². The molecule has 1 aliphatic carbocycles. The van der Waals surface area contributed by atoms with E-state index >= 15 is 0 Å². The quantitative estimate of drug-likeness (QED) is 0.733. The summed E-state index contributed by atoms with van der Waals surface area (Å²) < 4.78 is 24.9. The first kappa shape index (κ1) is 11.7. The molecule has 1 rings (SSSR count). The molecule has 0 heterocycles. The summed E-state index contributed by atoms with van der Waals surface area (Å²) in [7, 11) is 0. The molecule has 0 aromatic rings. The van der Waals surface area contributed by atoms with Crippen LogP contribution in [0.4, 0.5) is 8.78 Å². The van der Waals surface area contributed by atoms with Crippen molar-refractivity contribution in [3.05, 3.63) is 0 Å². The highest BCUT2D eigenvalue weighted by molar-refractivity contribution is 6.18. The summed E-state index contributed by atoms with van der Waals surface area (Å²) in [4.78, 5) is 11.4. The summed E-state index contributed by atoms with van der Waals surface area (Å²) in [6, 6.07) is 0. The SMILES string of the molecule is CC(C)(CCl)NC(=O)C1CC(F)(F)C1. The minimum Gasteiger partial charge on any atom is -0.350 e. The minimum atomic E-state index is -2.65. The van der Waals surface area contributed by atoms with E-state index in [-0.39, 0.29) is 24.6 Å². The van der Waals surface area contributed by atoms with Crippen molar-refractivity contribution >= 4 is 17.5 Å². The van der Waals surface area contributed by atoms with E-state index in [1.165, 1.54) is 0 Å². The predicted octanol–water partition coefficient (Wildman–Crippen LogP) is 2.17. The first-order valence-corrected chi connectivity index (χ1v) is 5.05. The van der Waals surface area contributed by atoms with E-state index in [9.17, 15) is 13.6 Å². The van der Waals surface area contributed by atoms with Crippen molar-refractivity contribution in [2.75, 3.05) is 5.88 Å². The highest BCUT2D eigenvalue weighted by atomic mass is 35.5. The van der Waals surface area contributed by atoms with E-state index in [2.05, 4.69) is 5.32 Å². The number of nitrogens with one attached hydrogen (secondary N) is 1. The van der Waals surface area contributed by atoms with Gasteiger partial charge in [-0.05, 0) is 13.8 Å². The smallest absolute Gasteiger partial charge is 0.249 e. The van der Waals surface area contributed by atoms with Crippen LogP contribution in [0.25, 0.3) is 0 Å². The Morgan fingerprint density at radius 1 is 1.57 bits per heavy atom. The van der Waals surface area contributed by atoms with E-state index in [1.54, 1.807) is 13.8 Å². The van der Waals surface area contributed by atoms with Gasteiger partial charge in [-0.3, -0.25) is 4.79 Å². The van der Waals surface area contributed by atoms with Gasteiger partial charge in [0, 0.05) is 30.2 Å². The Bertz CT molecular complexity index is 235. The molecule has 0 radical (unpaired) electrons. The van der Waals surface area contributed by atoms with Crippen molar-refractivity contribution < 1.29 is 13.6 Å². The maximum Gasteiger partial charge on any atom is 0.249 e. The Hall–Kier alpha value is -0.380. The van der Waals surface area contributed by atoms with E-state index in [4.69, 9.17) is 11.6 Å². The summed E-state index contributed by atoms with van der Waals surface area (Å²) in [6.07, 6.45) is -0.672. The van der Waals surface area contributed by atoms with Gasteiger partial charge in [0.05, 0.1) is 0 Å². The lowest BCUT2D eigenvalue weighted by molar-refractivity contribution is -0.151. The summed E-state index contributed by atoms with van der Waals surface area (Å²) >= 11 is 5.60. The lowest BCUT2D eigenvalue weighted by atomic mass is 9.80. The van der Waals surface area contributed by atoms with Gasteiger partial charge in [0.1, 0.15) is 0 Å². The number of halogens is 3. The molecule has 1 N–H and O–H groups in total. The van der Waals surface area contributed by atoms with Crippen LogP contribution >= 0.6 is 11.6 Å². The summed E-state index contributed by atoms with van der Waals surface area (Å²) in [6.45, 7) is 3.52. The van der Waals surface area contributed by atoms with Gasteiger partial charge in [-0.1, -0.05) is 0 Å². The number of hydrogen-bond acceptors (Lipinski definition) is 1. The van der Waals surface area contributed by atoms with E-state index in [1.807, 2.05) is 0 Å². The Kier molecular flexibility index (Phi) is 3.04. The molecule has 0 saturated heterocycles. The zero-order valence-electron chi connectivity index (χ0n) is 8.24. The number of alkyl halides is 3. The van der Waals surface area contributed by atoms with Crippen molar-refractivity contribution in [1.82, 2.24) is 5.32 Å². The number of carbonyl (C=O) groups excluding carboxylic acids is 1. The zero-order valence-corrected chi connectivity index (χ0v) is 9.00. The number of amides is 1. The maximum absolute atomic E-state index is 12.5. The first-order chi connectivity index (χ1) is 6.26. The molecule has 82 valence electrons. The van der Waals surface area contributed by atoms with Gasteiger partial charge in [0.15, 0.2) is 0 Å².